The number of ether oxygens (including phenoxy) is 1. The van der Waals surface area contributed by atoms with Crippen LogP contribution in [0.5, 0.6) is 5.75 Å². The SMILES string of the molecule is Cc1ccc2c(c1)/C(=C/C(=O)c1ccc(C#N)cc1)NC(C)(C)O2. The quantitative estimate of drug-likeness (QED) is 0.675. The van der Waals surface area contributed by atoms with Gasteiger partial charge in [-0.05, 0) is 57.2 Å². The van der Waals surface area contributed by atoms with Gasteiger partial charge in [0.1, 0.15) is 5.75 Å². The van der Waals surface area contributed by atoms with Crippen molar-refractivity contribution in [1.82, 2.24) is 5.32 Å². The van der Waals surface area contributed by atoms with E-state index >= 15 is 0 Å². The summed E-state index contributed by atoms with van der Waals surface area (Å²) < 4.78 is 5.92. The molecule has 0 amide bonds. The highest BCUT2D eigenvalue weighted by Crippen LogP contribution is 2.34. The molecule has 3 rings (SSSR count). The Morgan fingerprint density at radius 3 is 2.58 bits per heavy atom. The number of benzene rings is 2. The highest BCUT2D eigenvalue weighted by atomic mass is 16.5. The van der Waals surface area contributed by atoms with Gasteiger partial charge in [0, 0.05) is 17.2 Å². The molecule has 0 fully saturated rings. The van der Waals surface area contributed by atoms with Crippen molar-refractivity contribution in [1.29, 1.82) is 5.26 Å². The minimum absolute atomic E-state index is 0.118. The molecule has 1 heterocycles. The van der Waals surface area contributed by atoms with Gasteiger partial charge < -0.3 is 10.1 Å². The van der Waals surface area contributed by atoms with E-state index in [2.05, 4.69) is 5.32 Å². The van der Waals surface area contributed by atoms with Crippen LogP contribution in [-0.4, -0.2) is 11.5 Å². The molecule has 2 aromatic rings. The molecule has 0 aliphatic carbocycles. The van der Waals surface area contributed by atoms with Crippen molar-refractivity contribution < 1.29 is 9.53 Å². The van der Waals surface area contributed by atoms with E-state index in [0.29, 0.717) is 11.1 Å². The van der Waals surface area contributed by atoms with Crippen molar-refractivity contribution in [3.8, 4) is 11.8 Å². The van der Waals surface area contributed by atoms with Gasteiger partial charge >= 0.3 is 0 Å². The first kappa shape index (κ1) is 15.8. The Balaban J connectivity index is 2.00. The molecule has 24 heavy (non-hydrogen) atoms. The Hall–Kier alpha value is -3.06. The van der Waals surface area contributed by atoms with Crippen LogP contribution in [0.25, 0.3) is 5.70 Å². The minimum Gasteiger partial charge on any atom is -0.468 e. The van der Waals surface area contributed by atoms with Crippen LogP contribution >= 0.6 is 0 Å². The maximum Gasteiger partial charge on any atom is 0.187 e. The van der Waals surface area contributed by atoms with Gasteiger partial charge in [0.25, 0.3) is 0 Å². The Morgan fingerprint density at radius 1 is 1.21 bits per heavy atom. The van der Waals surface area contributed by atoms with E-state index in [1.807, 2.05) is 45.0 Å². The van der Waals surface area contributed by atoms with E-state index in [0.717, 1.165) is 22.6 Å². The summed E-state index contributed by atoms with van der Waals surface area (Å²) in [6.45, 7) is 5.83. The Kier molecular flexibility index (Phi) is 3.86. The molecule has 1 N–H and O–H groups in total. The number of nitrogens with zero attached hydrogens (tertiary/aromatic N) is 1. The molecule has 0 spiro atoms. The van der Waals surface area contributed by atoms with Crippen LogP contribution in [0.4, 0.5) is 0 Å². The molecule has 0 saturated carbocycles. The van der Waals surface area contributed by atoms with Gasteiger partial charge in [-0.1, -0.05) is 11.6 Å². The molecule has 0 aromatic heterocycles. The topological polar surface area (TPSA) is 62.1 Å². The fraction of sp³-hybridized carbons (Fsp3) is 0.200. The number of carbonyl (C=O) groups excluding carboxylic acids is 1. The van der Waals surface area contributed by atoms with Gasteiger partial charge in [0.2, 0.25) is 0 Å². The predicted molar refractivity (Wildman–Crippen MR) is 92.5 cm³/mol. The zero-order valence-electron chi connectivity index (χ0n) is 13.9. The van der Waals surface area contributed by atoms with E-state index in [4.69, 9.17) is 10.00 Å². The largest absolute Gasteiger partial charge is 0.468 e. The van der Waals surface area contributed by atoms with Gasteiger partial charge in [-0.3, -0.25) is 4.79 Å². The number of allylic oxidation sites excluding steroid dienone is 1. The second-order valence-corrected chi connectivity index (χ2v) is 6.35. The zero-order chi connectivity index (χ0) is 17.3. The van der Waals surface area contributed by atoms with Crippen LogP contribution < -0.4 is 10.1 Å². The number of ketones is 1. The van der Waals surface area contributed by atoms with Gasteiger partial charge in [-0.2, -0.15) is 5.26 Å². The van der Waals surface area contributed by atoms with Gasteiger partial charge in [0.15, 0.2) is 11.5 Å². The summed E-state index contributed by atoms with van der Waals surface area (Å²) >= 11 is 0. The van der Waals surface area contributed by atoms with Crippen LogP contribution in [0.15, 0.2) is 48.5 Å². The van der Waals surface area contributed by atoms with Crippen molar-refractivity contribution in [2.45, 2.75) is 26.5 Å². The smallest absolute Gasteiger partial charge is 0.187 e. The number of carbonyl (C=O) groups is 1. The number of aryl methyl sites for hydroxylation is 1. The third-order valence-electron chi connectivity index (χ3n) is 3.80. The summed E-state index contributed by atoms with van der Waals surface area (Å²) in [6, 6.07) is 14.6. The summed E-state index contributed by atoms with van der Waals surface area (Å²) in [5.41, 5.74) is 3.18. The first-order valence-corrected chi connectivity index (χ1v) is 7.72. The molecule has 0 saturated heterocycles. The summed E-state index contributed by atoms with van der Waals surface area (Å²) in [7, 11) is 0. The second kappa shape index (κ2) is 5.86. The number of hydrogen-bond acceptors (Lipinski definition) is 4. The van der Waals surface area contributed by atoms with Crippen molar-refractivity contribution in [3.05, 3.63) is 70.8 Å². The van der Waals surface area contributed by atoms with E-state index in [-0.39, 0.29) is 5.78 Å². The lowest BCUT2D eigenvalue weighted by atomic mass is 10.0. The number of fused-ring (bicyclic) bond motifs is 1. The molecule has 0 radical (unpaired) electrons. The van der Waals surface area contributed by atoms with E-state index in [1.165, 1.54) is 0 Å². The lowest BCUT2D eigenvalue weighted by Gasteiger charge is -2.36. The van der Waals surface area contributed by atoms with Crippen LogP contribution in [0.3, 0.4) is 0 Å². The molecule has 1 aliphatic heterocycles. The first-order valence-electron chi connectivity index (χ1n) is 7.72. The van der Waals surface area contributed by atoms with Crippen molar-refractivity contribution in [3.63, 3.8) is 0 Å². The Bertz CT molecular complexity index is 872. The molecule has 120 valence electrons. The lowest BCUT2D eigenvalue weighted by molar-refractivity contribution is 0.0816. The fourth-order valence-corrected chi connectivity index (χ4v) is 2.67. The molecule has 0 bridgehead atoms. The van der Waals surface area contributed by atoms with Crippen LogP contribution in [-0.2, 0) is 0 Å². The molecule has 2 aromatic carbocycles. The average molecular weight is 318 g/mol. The van der Waals surface area contributed by atoms with Crippen LogP contribution in [0.1, 0.15) is 40.9 Å². The summed E-state index contributed by atoms with van der Waals surface area (Å²) in [5, 5.41) is 12.1. The Labute approximate surface area is 141 Å². The van der Waals surface area contributed by atoms with E-state index in [1.54, 1.807) is 30.3 Å². The Morgan fingerprint density at radius 2 is 1.92 bits per heavy atom. The summed E-state index contributed by atoms with van der Waals surface area (Å²) in [4.78, 5) is 12.6. The maximum absolute atomic E-state index is 12.6. The molecule has 1 aliphatic rings. The third kappa shape index (κ3) is 3.16. The molecular weight excluding hydrogens is 300 g/mol. The second-order valence-electron chi connectivity index (χ2n) is 6.35. The highest BCUT2D eigenvalue weighted by Gasteiger charge is 2.29. The lowest BCUT2D eigenvalue weighted by Crippen LogP contribution is -2.46. The predicted octanol–water partition coefficient (Wildman–Crippen LogP) is 3.81. The number of nitrogens with one attached hydrogen (secondary N) is 1. The van der Waals surface area contributed by atoms with Crippen LogP contribution in [0.2, 0.25) is 0 Å². The average Bonchev–Trinajstić information content (AvgIpc) is 2.55. The maximum atomic E-state index is 12.6. The fourth-order valence-electron chi connectivity index (χ4n) is 2.67. The third-order valence-corrected chi connectivity index (χ3v) is 3.80. The summed E-state index contributed by atoms with van der Waals surface area (Å²) in [6.07, 6.45) is 1.59. The standard InChI is InChI=1S/C20H18N2O2/c1-13-4-9-19-16(10-13)17(22-20(2,3)24-19)11-18(23)15-7-5-14(12-21)6-8-15/h4-11,22H,1-3H3/b17-11-. The number of rotatable bonds is 2. The minimum atomic E-state index is -0.598. The highest BCUT2D eigenvalue weighted by molar-refractivity contribution is 6.08. The normalized spacial score (nSPS) is 16.5. The number of nitriles is 1. The molecule has 0 unspecified atom stereocenters. The van der Waals surface area contributed by atoms with Gasteiger partial charge in [-0.15, -0.1) is 0 Å². The zero-order valence-corrected chi connectivity index (χ0v) is 13.9. The van der Waals surface area contributed by atoms with E-state index in [9.17, 15) is 4.79 Å². The van der Waals surface area contributed by atoms with Crippen molar-refractivity contribution >= 4 is 11.5 Å². The van der Waals surface area contributed by atoms with Gasteiger partial charge in [0.05, 0.1) is 17.3 Å². The van der Waals surface area contributed by atoms with E-state index < -0.39 is 5.72 Å². The number of hydrogen-bond donors (Lipinski definition) is 1. The molecule has 4 heteroatoms. The molecule has 0 atom stereocenters. The summed E-state index contributed by atoms with van der Waals surface area (Å²) in [5.74, 6) is 0.635. The molecule has 4 nitrogen and oxygen atoms in total. The first-order chi connectivity index (χ1) is 11.4. The monoisotopic (exact) mass is 318 g/mol. The van der Waals surface area contributed by atoms with Crippen molar-refractivity contribution in [2.24, 2.45) is 0 Å². The van der Waals surface area contributed by atoms with Gasteiger partial charge in [-0.25, -0.2) is 0 Å². The molecular formula is C20H18N2O2. The van der Waals surface area contributed by atoms with Crippen LogP contribution in [0, 0.1) is 18.3 Å². The van der Waals surface area contributed by atoms with Crippen molar-refractivity contribution in [2.75, 3.05) is 0 Å².